The molecule has 1 aromatic carbocycles. The number of morpholine rings is 1. The van der Waals surface area contributed by atoms with Crippen LogP contribution in [0, 0.1) is 12.8 Å². The van der Waals surface area contributed by atoms with Crippen LogP contribution >= 0.6 is 0 Å². The van der Waals surface area contributed by atoms with Crippen molar-refractivity contribution in [2.75, 3.05) is 45.9 Å². The predicted octanol–water partition coefficient (Wildman–Crippen LogP) is 0.792. The number of amides is 2. The maximum Gasteiger partial charge on any atom is 0.225 e. The maximum atomic E-state index is 12.4. The van der Waals surface area contributed by atoms with Crippen molar-refractivity contribution in [3.8, 4) is 0 Å². The number of likely N-dealkylation sites (tertiary alicyclic amines) is 1. The van der Waals surface area contributed by atoms with Gasteiger partial charge in [-0.1, -0.05) is 29.8 Å². The predicted molar refractivity (Wildman–Crippen MR) is 95.0 cm³/mol. The molecule has 0 spiro atoms. The molecule has 0 radical (unpaired) electrons. The lowest BCUT2D eigenvalue weighted by Gasteiger charge is -2.28. The smallest absolute Gasteiger partial charge is 0.225 e. The molecule has 1 unspecified atom stereocenters. The molecule has 136 valence electrons. The van der Waals surface area contributed by atoms with Crippen LogP contribution in [0.25, 0.3) is 0 Å². The fourth-order valence-electron chi connectivity index (χ4n) is 3.29. The van der Waals surface area contributed by atoms with E-state index in [0.717, 1.165) is 38.4 Å². The monoisotopic (exact) mass is 345 g/mol. The highest BCUT2D eigenvalue weighted by Gasteiger charge is 2.34. The molecule has 0 aromatic heterocycles. The Bertz CT molecular complexity index is 596. The molecule has 1 N–H and O–H groups in total. The molecule has 3 rings (SSSR count). The molecule has 6 heteroatoms. The summed E-state index contributed by atoms with van der Waals surface area (Å²) < 4.78 is 5.34. The third kappa shape index (κ3) is 5.03. The van der Waals surface area contributed by atoms with E-state index in [1.165, 1.54) is 5.56 Å². The maximum absolute atomic E-state index is 12.4. The molecule has 2 amide bonds. The van der Waals surface area contributed by atoms with Gasteiger partial charge in [-0.2, -0.15) is 0 Å². The Morgan fingerprint density at radius 2 is 1.92 bits per heavy atom. The summed E-state index contributed by atoms with van der Waals surface area (Å²) in [5.41, 5.74) is 2.28. The minimum absolute atomic E-state index is 0.0252. The van der Waals surface area contributed by atoms with Crippen molar-refractivity contribution >= 4 is 11.8 Å². The summed E-state index contributed by atoms with van der Waals surface area (Å²) in [5.74, 6) is -0.172. The van der Waals surface area contributed by atoms with Gasteiger partial charge in [-0.3, -0.25) is 14.5 Å². The van der Waals surface area contributed by atoms with Crippen LogP contribution < -0.4 is 5.32 Å². The molecule has 1 aromatic rings. The molecule has 0 saturated carbocycles. The van der Waals surface area contributed by atoms with Gasteiger partial charge < -0.3 is 15.0 Å². The Hall–Kier alpha value is -1.92. The second-order valence-electron chi connectivity index (χ2n) is 6.90. The molecule has 2 aliphatic rings. The van der Waals surface area contributed by atoms with Crippen molar-refractivity contribution in [2.24, 2.45) is 5.92 Å². The molecule has 6 nitrogen and oxygen atoms in total. The van der Waals surface area contributed by atoms with Crippen molar-refractivity contribution in [1.29, 1.82) is 0 Å². The molecule has 2 saturated heterocycles. The number of aryl methyl sites for hydroxylation is 1. The third-order valence-electron chi connectivity index (χ3n) is 4.96. The van der Waals surface area contributed by atoms with Crippen LogP contribution in [-0.4, -0.2) is 67.6 Å². The van der Waals surface area contributed by atoms with Crippen LogP contribution in [0.4, 0.5) is 0 Å². The van der Waals surface area contributed by atoms with E-state index in [2.05, 4.69) is 10.2 Å². The number of ether oxygens (including phenoxy) is 1. The fraction of sp³-hybridized carbons (Fsp3) is 0.579. The lowest BCUT2D eigenvalue weighted by molar-refractivity contribution is -0.129. The number of benzene rings is 1. The van der Waals surface area contributed by atoms with E-state index >= 15 is 0 Å². The first-order chi connectivity index (χ1) is 12.1. The highest BCUT2D eigenvalue weighted by atomic mass is 16.5. The quantitative estimate of drug-likeness (QED) is 0.828. The van der Waals surface area contributed by atoms with Crippen LogP contribution in [0.15, 0.2) is 24.3 Å². The van der Waals surface area contributed by atoms with E-state index < -0.39 is 0 Å². The number of hydrogen-bond donors (Lipinski definition) is 1. The Morgan fingerprint density at radius 3 is 2.64 bits per heavy atom. The molecule has 2 aliphatic heterocycles. The zero-order valence-corrected chi connectivity index (χ0v) is 14.9. The van der Waals surface area contributed by atoms with Gasteiger partial charge in [0.15, 0.2) is 0 Å². The average Bonchev–Trinajstić information content (AvgIpc) is 3.01. The summed E-state index contributed by atoms with van der Waals surface area (Å²) in [7, 11) is 0. The second kappa shape index (κ2) is 8.45. The largest absolute Gasteiger partial charge is 0.379 e. The average molecular weight is 345 g/mol. The van der Waals surface area contributed by atoms with Gasteiger partial charge in [-0.05, 0) is 12.5 Å². The van der Waals surface area contributed by atoms with Crippen LogP contribution in [-0.2, 0) is 20.9 Å². The van der Waals surface area contributed by atoms with Crippen LogP contribution in [0.1, 0.15) is 17.5 Å². The molecule has 1 atom stereocenters. The van der Waals surface area contributed by atoms with Crippen LogP contribution in [0.3, 0.4) is 0 Å². The Balaban J connectivity index is 1.42. The summed E-state index contributed by atoms with van der Waals surface area (Å²) in [6, 6.07) is 8.11. The number of rotatable bonds is 6. The number of carbonyl (C=O) groups is 2. The van der Waals surface area contributed by atoms with Crippen molar-refractivity contribution in [1.82, 2.24) is 15.1 Å². The molecular weight excluding hydrogens is 318 g/mol. The highest BCUT2D eigenvalue weighted by Crippen LogP contribution is 2.18. The van der Waals surface area contributed by atoms with Gasteiger partial charge in [-0.25, -0.2) is 0 Å². The molecule has 2 fully saturated rings. The lowest BCUT2D eigenvalue weighted by Crippen LogP contribution is -2.42. The Kier molecular flexibility index (Phi) is 6.04. The zero-order valence-electron chi connectivity index (χ0n) is 14.9. The Labute approximate surface area is 149 Å². The minimum atomic E-state index is -0.234. The van der Waals surface area contributed by atoms with Gasteiger partial charge >= 0.3 is 0 Å². The standard InChI is InChI=1S/C19H27N3O3/c1-15-2-4-16(5-3-15)13-20-19(24)17-12-18(23)22(14-17)7-6-21-8-10-25-11-9-21/h2-5,17H,6-14H2,1H3,(H,20,24). The Morgan fingerprint density at radius 1 is 1.20 bits per heavy atom. The third-order valence-corrected chi connectivity index (χ3v) is 4.96. The van der Waals surface area contributed by atoms with Gasteiger partial charge in [0.05, 0.1) is 19.1 Å². The van der Waals surface area contributed by atoms with Crippen molar-refractivity contribution in [2.45, 2.75) is 19.9 Å². The number of carbonyl (C=O) groups excluding carboxylic acids is 2. The van der Waals surface area contributed by atoms with Gasteiger partial charge in [0, 0.05) is 45.7 Å². The van der Waals surface area contributed by atoms with E-state index in [1.807, 2.05) is 36.1 Å². The van der Waals surface area contributed by atoms with Crippen molar-refractivity contribution in [3.63, 3.8) is 0 Å². The molecular formula is C19H27N3O3. The number of nitrogens with one attached hydrogen (secondary N) is 1. The fourth-order valence-corrected chi connectivity index (χ4v) is 3.29. The summed E-state index contributed by atoms with van der Waals surface area (Å²) in [6.07, 6.45) is 0.322. The van der Waals surface area contributed by atoms with Crippen molar-refractivity contribution < 1.29 is 14.3 Å². The van der Waals surface area contributed by atoms with E-state index in [1.54, 1.807) is 0 Å². The zero-order chi connectivity index (χ0) is 17.6. The normalized spacial score (nSPS) is 21.6. The summed E-state index contributed by atoms with van der Waals surface area (Å²) >= 11 is 0. The first kappa shape index (κ1) is 17.9. The van der Waals surface area contributed by atoms with Crippen molar-refractivity contribution in [3.05, 3.63) is 35.4 Å². The second-order valence-corrected chi connectivity index (χ2v) is 6.90. The SMILES string of the molecule is Cc1ccc(CNC(=O)C2CC(=O)N(CCN3CCOCC3)C2)cc1. The first-order valence-corrected chi connectivity index (χ1v) is 9.03. The lowest BCUT2D eigenvalue weighted by atomic mass is 10.1. The van der Waals surface area contributed by atoms with E-state index in [-0.39, 0.29) is 17.7 Å². The number of hydrogen-bond acceptors (Lipinski definition) is 4. The molecule has 0 bridgehead atoms. The highest BCUT2D eigenvalue weighted by molar-refractivity contribution is 5.89. The van der Waals surface area contributed by atoms with Gasteiger partial charge in [0.2, 0.25) is 11.8 Å². The van der Waals surface area contributed by atoms with E-state index in [9.17, 15) is 9.59 Å². The molecule has 0 aliphatic carbocycles. The van der Waals surface area contributed by atoms with Crippen LogP contribution in [0.2, 0.25) is 0 Å². The van der Waals surface area contributed by atoms with Gasteiger partial charge in [0.25, 0.3) is 0 Å². The van der Waals surface area contributed by atoms with Gasteiger partial charge in [0.1, 0.15) is 0 Å². The first-order valence-electron chi connectivity index (χ1n) is 9.03. The van der Waals surface area contributed by atoms with E-state index in [0.29, 0.717) is 26.1 Å². The summed E-state index contributed by atoms with van der Waals surface area (Å²) in [6.45, 7) is 7.99. The summed E-state index contributed by atoms with van der Waals surface area (Å²) in [5, 5.41) is 2.96. The molecule has 25 heavy (non-hydrogen) atoms. The molecule has 2 heterocycles. The minimum Gasteiger partial charge on any atom is -0.379 e. The number of nitrogens with zero attached hydrogens (tertiary/aromatic N) is 2. The van der Waals surface area contributed by atoms with Crippen LogP contribution in [0.5, 0.6) is 0 Å². The van der Waals surface area contributed by atoms with Gasteiger partial charge in [-0.15, -0.1) is 0 Å². The van der Waals surface area contributed by atoms with E-state index in [4.69, 9.17) is 4.74 Å². The summed E-state index contributed by atoms with van der Waals surface area (Å²) in [4.78, 5) is 28.7. The topological polar surface area (TPSA) is 61.9 Å².